The molecule has 0 amide bonds. The van der Waals surface area contributed by atoms with Crippen LogP contribution < -0.4 is 10.6 Å². The van der Waals surface area contributed by atoms with E-state index in [1.807, 2.05) is 0 Å². The van der Waals surface area contributed by atoms with Gasteiger partial charge in [-0.2, -0.15) is 0 Å². The van der Waals surface area contributed by atoms with Gasteiger partial charge in [0.1, 0.15) is 0 Å². The lowest BCUT2D eigenvalue weighted by Crippen LogP contribution is -2.40. The highest BCUT2D eigenvalue weighted by Crippen LogP contribution is 2.15. The number of hydrogen-bond acceptors (Lipinski definition) is 4. The van der Waals surface area contributed by atoms with Gasteiger partial charge in [-0.25, -0.2) is 8.42 Å². The Hall–Kier alpha value is -1.12. The molecule has 0 atom stereocenters. The lowest BCUT2D eigenvalue weighted by atomic mass is 10.4. The molecule has 0 saturated heterocycles. The molecule has 1 aromatic rings. The molecule has 0 unspecified atom stereocenters. The van der Waals surface area contributed by atoms with Crippen LogP contribution in [-0.2, 0) is 14.6 Å². The van der Waals surface area contributed by atoms with Gasteiger partial charge in [-0.3, -0.25) is 4.99 Å². The lowest BCUT2D eigenvalue weighted by molar-refractivity contribution is 0.195. The molecule has 0 radical (unpaired) electrons. The number of rotatable bonds is 8. The SMILES string of the molecule is CN=C(NCCCOC)NCCS(=O)(=O)c1ccc(Br)cc1. The van der Waals surface area contributed by atoms with Crippen molar-refractivity contribution in [1.82, 2.24) is 10.6 Å². The van der Waals surface area contributed by atoms with E-state index in [-0.39, 0.29) is 5.75 Å². The summed E-state index contributed by atoms with van der Waals surface area (Å²) in [5.41, 5.74) is 0. The van der Waals surface area contributed by atoms with Crippen molar-refractivity contribution < 1.29 is 13.2 Å². The van der Waals surface area contributed by atoms with E-state index < -0.39 is 9.84 Å². The summed E-state index contributed by atoms with van der Waals surface area (Å²) in [5.74, 6) is 0.593. The first-order chi connectivity index (χ1) is 10.5. The quantitative estimate of drug-likeness (QED) is 0.398. The van der Waals surface area contributed by atoms with Crippen molar-refractivity contribution in [2.45, 2.75) is 11.3 Å². The van der Waals surface area contributed by atoms with Crippen molar-refractivity contribution in [1.29, 1.82) is 0 Å². The molecular weight excluding hydrogens is 370 g/mol. The minimum absolute atomic E-state index is 0.00734. The van der Waals surface area contributed by atoms with E-state index in [1.165, 1.54) is 0 Å². The van der Waals surface area contributed by atoms with Gasteiger partial charge >= 0.3 is 0 Å². The van der Waals surface area contributed by atoms with Gasteiger partial charge in [-0.05, 0) is 30.7 Å². The number of nitrogens with zero attached hydrogens (tertiary/aromatic N) is 1. The fourth-order valence-corrected chi connectivity index (χ4v) is 3.13. The highest BCUT2D eigenvalue weighted by Gasteiger charge is 2.14. The van der Waals surface area contributed by atoms with Crippen LogP contribution in [0.5, 0.6) is 0 Å². The molecule has 1 rings (SSSR count). The molecule has 0 bridgehead atoms. The first kappa shape index (κ1) is 18.9. The van der Waals surface area contributed by atoms with Crippen LogP contribution >= 0.6 is 15.9 Å². The molecule has 0 aromatic heterocycles. The molecule has 8 heteroatoms. The van der Waals surface area contributed by atoms with Crippen LogP contribution in [0, 0.1) is 0 Å². The largest absolute Gasteiger partial charge is 0.385 e. The Morgan fingerprint density at radius 3 is 2.45 bits per heavy atom. The van der Waals surface area contributed by atoms with Gasteiger partial charge in [0.15, 0.2) is 15.8 Å². The zero-order valence-corrected chi connectivity index (χ0v) is 15.2. The van der Waals surface area contributed by atoms with Gasteiger partial charge in [0.2, 0.25) is 0 Å². The second-order valence-corrected chi connectivity index (χ2v) is 7.57. The highest BCUT2D eigenvalue weighted by molar-refractivity contribution is 9.10. The Morgan fingerprint density at radius 1 is 1.23 bits per heavy atom. The number of methoxy groups -OCH3 is 1. The molecule has 0 spiro atoms. The second-order valence-electron chi connectivity index (χ2n) is 4.54. The number of guanidine groups is 1. The summed E-state index contributed by atoms with van der Waals surface area (Å²) < 4.78 is 30.2. The van der Waals surface area contributed by atoms with Gasteiger partial charge in [0, 0.05) is 38.3 Å². The summed E-state index contributed by atoms with van der Waals surface area (Å²) >= 11 is 3.29. The van der Waals surface area contributed by atoms with Gasteiger partial charge in [-0.15, -0.1) is 0 Å². The lowest BCUT2D eigenvalue weighted by Gasteiger charge is -2.12. The summed E-state index contributed by atoms with van der Waals surface area (Å²) in [5, 5.41) is 6.09. The summed E-state index contributed by atoms with van der Waals surface area (Å²) in [7, 11) is 0.00437. The van der Waals surface area contributed by atoms with Crippen LogP contribution in [0.25, 0.3) is 0 Å². The minimum Gasteiger partial charge on any atom is -0.385 e. The van der Waals surface area contributed by atoms with Crippen molar-refractivity contribution >= 4 is 31.7 Å². The van der Waals surface area contributed by atoms with E-state index in [1.54, 1.807) is 38.4 Å². The number of ether oxygens (including phenoxy) is 1. The highest BCUT2D eigenvalue weighted by atomic mass is 79.9. The van der Waals surface area contributed by atoms with Crippen molar-refractivity contribution in [3.05, 3.63) is 28.7 Å². The molecule has 0 saturated carbocycles. The molecule has 22 heavy (non-hydrogen) atoms. The fourth-order valence-electron chi connectivity index (χ4n) is 1.71. The van der Waals surface area contributed by atoms with E-state index in [4.69, 9.17) is 4.74 Å². The summed E-state index contributed by atoms with van der Waals surface area (Å²) in [6, 6.07) is 6.63. The van der Waals surface area contributed by atoms with E-state index >= 15 is 0 Å². The van der Waals surface area contributed by atoms with E-state index in [2.05, 4.69) is 31.6 Å². The van der Waals surface area contributed by atoms with Crippen molar-refractivity contribution in [3.63, 3.8) is 0 Å². The number of aliphatic imine (C=N–C) groups is 1. The maximum Gasteiger partial charge on any atom is 0.191 e. The van der Waals surface area contributed by atoms with Crippen LogP contribution in [0.2, 0.25) is 0 Å². The Bertz CT molecular complexity index is 574. The van der Waals surface area contributed by atoms with Crippen molar-refractivity contribution in [2.24, 2.45) is 4.99 Å². The van der Waals surface area contributed by atoms with Gasteiger partial charge < -0.3 is 15.4 Å². The predicted octanol–water partition coefficient (Wildman–Crippen LogP) is 1.42. The molecule has 0 aliphatic heterocycles. The van der Waals surface area contributed by atoms with Crippen LogP contribution in [0.3, 0.4) is 0 Å². The number of halogens is 1. The molecular formula is C14H22BrN3O3S. The first-order valence-corrected chi connectivity index (χ1v) is 9.36. The van der Waals surface area contributed by atoms with E-state index in [0.29, 0.717) is 30.6 Å². The van der Waals surface area contributed by atoms with Crippen LogP contribution in [0.4, 0.5) is 0 Å². The normalized spacial score (nSPS) is 12.2. The minimum atomic E-state index is -3.30. The third kappa shape index (κ3) is 6.76. The van der Waals surface area contributed by atoms with E-state index in [0.717, 1.165) is 10.9 Å². The van der Waals surface area contributed by atoms with Crippen LogP contribution in [-0.4, -0.2) is 54.0 Å². The maximum absolute atomic E-state index is 12.2. The molecule has 124 valence electrons. The fraction of sp³-hybridized carbons (Fsp3) is 0.500. The Labute approximate surface area is 140 Å². The number of hydrogen-bond donors (Lipinski definition) is 2. The molecule has 0 fully saturated rings. The van der Waals surface area contributed by atoms with Crippen LogP contribution in [0.1, 0.15) is 6.42 Å². The zero-order chi connectivity index (χ0) is 16.4. The first-order valence-electron chi connectivity index (χ1n) is 6.91. The van der Waals surface area contributed by atoms with Crippen LogP contribution in [0.15, 0.2) is 38.6 Å². The Morgan fingerprint density at radius 2 is 1.86 bits per heavy atom. The van der Waals surface area contributed by atoms with Gasteiger partial charge in [0.25, 0.3) is 0 Å². The smallest absolute Gasteiger partial charge is 0.191 e. The molecule has 1 aromatic carbocycles. The molecule has 0 aliphatic carbocycles. The number of nitrogens with one attached hydrogen (secondary N) is 2. The maximum atomic E-state index is 12.2. The van der Waals surface area contributed by atoms with E-state index in [9.17, 15) is 8.42 Å². The third-order valence-electron chi connectivity index (χ3n) is 2.88. The Balaban J connectivity index is 2.42. The predicted molar refractivity (Wildman–Crippen MR) is 92.1 cm³/mol. The standard InChI is InChI=1S/C14H22BrN3O3S/c1-16-14(17-8-3-10-21-2)18-9-11-22(19,20)13-6-4-12(15)5-7-13/h4-7H,3,8-11H2,1-2H3,(H2,16,17,18). The Kier molecular flexibility index (Phi) is 8.44. The molecule has 6 nitrogen and oxygen atoms in total. The van der Waals surface area contributed by atoms with Crippen molar-refractivity contribution in [2.75, 3.05) is 39.6 Å². The van der Waals surface area contributed by atoms with Gasteiger partial charge in [-0.1, -0.05) is 15.9 Å². The average Bonchev–Trinajstić information content (AvgIpc) is 2.50. The number of benzene rings is 1. The summed E-state index contributed by atoms with van der Waals surface area (Å²) in [6.07, 6.45) is 0.856. The molecule has 0 aliphatic rings. The average molecular weight is 392 g/mol. The van der Waals surface area contributed by atoms with Gasteiger partial charge in [0.05, 0.1) is 10.6 Å². The summed E-state index contributed by atoms with van der Waals surface area (Å²) in [4.78, 5) is 4.36. The number of sulfone groups is 1. The topological polar surface area (TPSA) is 79.8 Å². The second kappa shape index (κ2) is 9.81. The molecule has 2 N–H and O–H groups in total. The van der Waals surface area contributed by atoms with Crippen molar-refractivity contribution in [3.8, 4) is 0 Å². The zero-order valence-electron chi connectivity index (χ0n) is 12.8. The molecule has 0 heterocycles. The summed E-state index contributed by atoms with van der Waals surface area (Å²) in [6.45, 7) is 1.68. The monoisotopic (exact) mass is 391 g/mol. The third-order valence-corrected chi connectivity index (χ3v) is 5.14.